The van der Waals surface area contributed by atoms with Crippen molar-refractivity contribution in [3.8, 4) is 11.1 Å². The Kier molecular flexibility index (Phi) is 4.37. The molecule has 0 aromatic heterocycles. The lowest BCUT2D eigenvalue weighted by Gasteiger charge is -2.33. The molecule has 1 unspecified atom stereocenters. The van der Waals surface area contributed by atoms with Crippen molar-refractivity contribution in [2.45, 2.75) is 31.2 Å². The molecule has 4 rings (SSSR count). The molecule has 1 heterocycles. The second-order valence-electron chi connectivity index (χ2n) is 6.91. The van der Waals surface area contributed by atoms with E-state index in [0.29, 0.717) is 13.0 Å². The van der Waals surface area contributed by atoms with Gasteiger partial charge in [0, 0.05) is 12.5 Å². The minimum Gasteiger partial charge on any atom is -0.448 e. The summed E-state index contributed by atoms with van der Waals surface area (Å²) in [6.07, 6.45) is 1.93. The molecule has 26 heavy (non-hydrogen) atoms. The molecule has 0 radical (unpaired) electrons. The van der Waals surface area contributed by atoms with Crippen LogP contribution in [0.3, 0.4) is 0 Å². The molecule has 2 N–H and O–H groups in total. The van der Waals surface area contributed by atoms with Crippen molar-refractivity contribution in [2.75, 3.05) is 13.2 Å². The Morgan fingerprint density at radius 2 is 1.62 bits per heavy atom. The molecule has 1 aliphatic heterocycles. The minimum atomic E-state index is -0.556. The van der Waals surface area contributed by atoms with Crippen molar-refractivity contribution in [1.82, 2.24) is 4.90 Å². The van der Waals surface area contributed by atoms with Gasteiger partial charge in [-0.3, -0.25) is 9.69 Å². The number of primary amides is 1. The average Bonchev–Trinajstić information content (AvgIpc) is 3.00. The summed E-state index contributed by atoms with van der Waals surface area (Å²) in [6.45, 7) is 0.777. The number of nitrogens with zero attached hydrogens (tertiary/aromatic N) is 1. The second kappa shape index (κ2) is 6.83. The standard InChI is InChI=1S/C21H22N2O3/c22-20(24)19-11-5-6-12-23(19)21(25)26-13-18-16-9-3-1-7-14(16)15-8-2-4-10-17(15)18/h1-4,7-10,18-19H,5-6,11-13H2,(H2,22,24). The third kappa shape index (κ3) is 2.83. The van der Waals surface area contributed by atoms with Gasteiger partial charge in [-0.1, -0.05) is 48.5 Å². The van der Waals surface area contributed by atoms with Gasteiger partial charge in [-0.15, -0.1) is 0 Å². The van der Waals surface area contributed by atoms with Gasteiger partial charge in [0.15, 0.2) is 0 Å². The quantitative estimate of drug-likeness (QED) is 0.923. The van der Waals surface area contributed by atoms with Crippen molar-refractivity contribution in [3.63, 3.8) is 0 Å². The van der Waals surface area contributed by atoms with Crippen LogP contribution in [0, 0.1) is 0 Å². The summed E-state index contributed by atoms with van der Waals surface area (Å²) in [4.78, 5) is 25.7. The zero-order valence-electron chi connectivity index (χ0n) is 14.6. The highest BCUT2D eigenvalue weighted by Gasteiger charge is 2.34. The number of amides is 2. The number of hydrogen-bond donors (Lipinski definition) is 1. The summed E-state index contributed by atoms with van der Waals surface area (Å²) >= 11 is 0. The van der Waals surface area contributed by atoms with Crippen LogP contribution >= 0.6 is 0 Å². The topological polar surface area (TPSA) is 72.6 Å². The molecular weight excluding hydrogens is 328 g/mol. The zero-order chi connectivity index (χ0) is 18.1. The summed E-state index contributed by atoms with van der Waals surface area (Å²) < 4.78 is 5.64. The summed E-state index contributed by atoms with van der Waals surface area (Å²) in [5.41, 5.74) is 10.2. The van der Waals surface area contributed by atoms with Gasteiger partial charge in [-0.05, 0) is 41.5 Å². The number of ether oxygens (including phenoxy) is 1. The highest BCUT2D eigenvalue weighted by molar-refractivity contribution is 5.84. The Bertz CT molecular complexity index is 803. The molecular formula is C21H22N2O3. The fourth-order valence-electron chi connectivity index (χ4n) is 4.12. The van der Waals surface area contributed by atoms with E-state index in [-0.39, 0.29) is 12.5 Å². The highest BCUT2D eigenvalue weighted by atomic mass is 16.6. The number of benzene rings is 2. The summed E-state index contributed by atoms with van der Waals surface area (Å²) in [5.74, 6) is -0.443. The van der Waals surface area contributed by atoms with Gasteiger partial charge in [-0.2, -0.15) is 0 Å². The third-order valence-corrected chi connectivity index (χ3v) is 5.40. The summed E-state index contributed by atoms with van der Waals surface area (Å²) in [6, 6.07) is 15.9. The van der Waals surface area contributed by atoms with Gasteiger partial charge in [0.25, 0.3) is 0 Å². The van der Waals surface area contributed by atoms with Crippen LogP contribution in [0.5, 0.6) is 0 Å². The van der Waals surface area contributed by atoms with E-state index in [9.17, 15) is 9.59 Å². The molecule has 1 fully saturated rings. The van der Waals surface area contributed by atoms with E-state index in [4.69, 9.17) is 10.5 Å². The van der Waals surface area contributed by atoms with E-state index < -0.39 is 18.0 Å². The first kappa shape index (κ1) is 16.6. The van der Waals surface area contributed by atoms with Gasteiger partial charge >= 0.3 is 6.09 Å². The van der Waals surface area contributed by atoms with Crippen LogP contribution in [0.2, 0.25) is 0 Å². The van der Waals surface area contributed by atoms with E-state index in [1.54, 1.807) is 0 Å². The maximum atomic E-state index is 12.6. The second-order valence-corrected chi connectivity index (χ2v) is 6.91. The molecule has 2 amide bonds. The Morgan fingerprint density at radius 1 is 1.00 bits per heavy atom. The molecule has 5 heteroatoms. The average molecular weight is 350 g/mol. The fourth-order valence-corrected chi connectivity index (χ4v) is 4.12. The van der Waals surface area contributed by atoms with Crippen LogP contribution < -0.4 is 5.73 Å². The van der Waals surface area contributed by atoms with Gasteiger partial charge in [0.05, 0.1) is 0 Å². The number of hydrogen-bond acceptors (Lipinski definition) is 3. The Hall–Kier alpha value is -2.82. The van der Waals surface area contributed by atoms with Crippen LogP contribution in [-0.2, 0) is 9.53 Å². The lowest BCUT2D eigenvalue weighted by atomic mass is 9.98. The Balaban J connectivity index is 1.53. The van der Waals surface area contributed by atoms with E-state index in [1.165, 1.54) is 27.2 Å². The molecule has 1 atom stereocenters. The number of carbonyl (C=O) groups is 2. The van der Waals surface area contributed by atoms with Gasteiger partial charge < -0.3 is 10.5 Å². The monoisotopic (exact) mass is 350 g/mol. The van der Waals surface area contributed by atoms with E-state index in [2.05, 4.69) is 24.3 Å². The molecule has 0 saturated carbocycles. The van der Waals surface area contributed by atoms with Gasteiger partial charge in [-0.25, -0.2) is 4.79 Å². The van der Waals surface area contributed by atoms with Crippen molar-refractivity contribution < 1.29 is 14.3 Å². The van der Waals surface area contributed by atoms with Crippen LogP contribution in [0.1, 0.15) is 36.3 Å². The van der Waals surface area contributed by atoms with Crippen molar-refractivity contribution >= 4 is 12.0 Å². The number of likely N-dealkylation sites (tertiary alicyclic amines) is 1. The van der Waals surface area contributed by atoms with Crippen LogP contribution in [-0.4, -0.2) is 36.1 Å². The number of carbonyl (C=O) groups excluding carboxylic acids is 2. The minimum absolute atomic E-state index is 0.0168. The predicted molar refractivity (Wildman–Crippen MR) is 98.6 cm³/mol. The molecule has 0 spiro atoms. The molecule has 2 aliphatic rings. The molecule has 1 saturated heterocycles. The smallest absolute Gasteiger partial charge is 0.410 e. The van der Waals surface area contributed by atoms with Crippen molar-refractivity contribution in [1.29, 1.82) is 0 Å². The third-order valence-electron chi connectivity index (χ3n) is 5.40. The van der Waals surface area contributed by atoms with E-state index in [1.807, 2.05) is 24.3 Å². The van der Waals surface area contributed by atoms with Crippen LogP contribution in [0.15, 0.2) is 48.5 Å². The zero-order valence-corrected chi connectivity index (χ0v) is 14.6. The Morgan fingerprint density at radius 3 is 2.23 bits per heavy atom. The summed E-state index contributed by atoms with van der Waals surface area (Å²) in [7, 11) is 0. The lowest BCUT2D eigenvalue weighted by molar-refractivity contribution is -0.123. The molecule has 134 valence electrons. The fraction of sp³-hybridized carbons (Fsp3) is 0.333. The largest absolute Gasteiger partial charge is 0.448 e. The molecule has 5 nitrogen and oxygen atoms in total. The number of rotatable bonds is 3. The van der Waals surface area contributed by atoms with E-state index >= 15 is 0 Å². The maximum absolute atomic E-state index is 12.6. The van der Waals surface area contributed by atoms with Crippen molar-refractivity contribution in [2.24, 2.45) is 5.73 Å². The first-order valence-corrected chi connectivity index (χ1v) is 9.07. The van der Waals surface area contributed by atoms with Gasteiger partial charge in [0.2, 0.25) is 5.91 Å². The molecule has 2 aromatic rings. The first-order valence-electron chi connectivity index (χ1n) is 9.07. The predicted octanol–water partition coefficient (Wildman–Crippen LogP) is 3.28. The Labute approximate surface area is 152 Å². The number of fused-ring (bicyclic) bond motifs is 3. The van der Waals surface area contributed by atoms with Gasteiger partial charge in [0.1, 0.15) is 12.6 Å². The normalized spacial score (nSPS) is 18.9. The van der Waals surface area contributed by atoms with Crippen LogP contribution in [0.4, 0.5) is 4.79 Å². The summed E-state index contributed by atoms with van der Waals surface area (Å²) in [5, 5.41) is 0. The molecule has 2 aromatic carbocycles. The van der Waals surface area contributed by atoms with Crippen LogP contribution in [0.25, 0.3) is 11.1 Å². The molecule has 0 bridgehead atoms. The van der Waals surface area contributed by atoms with E-state index in [0.717, 1.165) is 12.8 Å². The number of piperidine rings is 1. The first-order chi connectivity index (χ1) is 12.7. The maximum Gasteiger partial charge on any atom is 0.410 e. The number of nitrogens with two attached hydrogens (primary N) is 1. The lowest BCUT2D eigenvalue weighted by Crippen LogP contribution is -2.50. The molecule has 1 aliphatic carbocycles. The van der Waals surface area contributed by atoms with Crippen molar-refractivity contribution in [3.05, 3.63) is 59.7 Å². The highest BCUT2D eigenvalue weighted by Crippen LogP contribution is 2.44. The SMILES string of the molecule is NC(=O)C1CCCCN1C(=O)OCC1c2ccccc2-c2ccccc21.